The Kier molecular flexibility index (Phi) is 6.12. The van der Waals surface area contributed by atoms with E-state index in [1.807, 2.05) is 31.2 Å². The molecule has 1 unspecified atom stereocenters. The second-order valence-electron chi connectivity index (χ2n) is 8.29. The van der Waals surface area contributed by atoms with Crippen LogP contribution in [0.1, 0.15) is 42.5 Å². The minimum atomic E-state index is -3.77. The molecule has 6 heteroatoms. The summed E-state index contributed by atoms with van der Waals surface area (Å²) in [5.74, 6) is -0.322. The number of aryl methyl sites for hydroxylation is 2. The monoisotopic (exact) mass is 436 g/mol. The number of carbonyl (C=O) groups is 1. The number of likely N-dealkylation sites (N-methyl/N-ethyl adjacent to an activating group) is 1. The first-order valence-corrected chi connectivity index (χ1v) is 12.1. The predicted octanol–water partition coefficient (Wildman–Crippen LogP) is 4.22. The van der Waals surface area contributed by atoms with Crippen molar-refractivity contribution in [3.8, 4) is 0 Å². The lowest BCUT2D eigenvalue weighted by molar-refractivity contribution is -0.121. The molecular formula is C25H28N2O3S. The number of sulfonamides is 1. The fraction of sp³-hybridized carbons (Fsp3) is 0.320. The van der Waals surface area contributed by atoms with Crippen LogP contribution in [0.3, 0.4) is 0 Å². The smallest absolute Gasteiger partial charge is 0.243 e. The van der Waals surface area contributed by atoms with Gasteiger partial charge in [-0.25, -0.2) is 8.42 Å². The molecule has 3 aromatic rings. The first-order chi connectivity index (χ1) is 14.8. The minimum Gasteiger partial charge on any atom is -0.348 e. The van der Waals surface area contributed by atoms with Gasteiger partial charge in [-0.2, -0.15) is 4.31 Å². The van der Waals surface area contributed by atoms with Gasteiger partial charge in [-0.15, -0.1) is 0 Å². The number of rotatable bonds is 6. The van der Waals surface area contributed by atoms with Crippen LogP contribution in [0, 0.1) is 0 Å². The summed E-state index contributed by atoms with van der Waals surface area (Å²) in [6, 6.07) is 18.8. The van der Waals surface area contributed by atoms with E-state index in [-0.39, 0.29) is 23.4 Å². The first kappa shape index (κ1) is 21.5. The molecule has 0 aromatic heterocycles. The molecule has 0 saturated heterocycles. The molecule has 1 N–H and O–H groups in total. The average molecular weight is 437 g/mol. The molecule has 1 aliphatic rings. The molecule has 4 rings (SSSR count). The standard InChI is InChI=1S/C25H28N2O3S/c1-18(21-12-11-19-7-3-5-9-22(19)15-21)26-25(28)17-27(2)31(29,30)24-14-13-20-8-4-6-10-23(20)16-24/h4,6,8,10-16,18H,3,5,7,9,17H2,1-2H3,(H,26,28). The zero-order valence-corrected chi connectivity index (χ0v) is 18.8. The maximum atomic E-state index is 13.0. The van der Waals surface area contributed by atoms with Gasteiger partial charge in [0.15, 0.2) is 0 Å². The van der Waals surface area contributed by atoms with Crippen molar-refractivity contribution in [2.75, 3.05) is 13.6 Å². The van der Waals surface area contributed by atoms with E-state index in [0.29, 0.717) is 0 Å². The van der Waals surface area contributed by atoms with Crippen molar-refractivity contribution in [1.82, 2.24) is 9.62 Å². The van der Waals surface area contributed by atoms with Crippen molar-refractivity contribution in [1.29, 1.82) is 0 Å². The third-order valence-corrected chi connectivity index (χ3v) is 7.84. The second-order valence-corrected chi connectivity index (χ2v) is 10.3. The van der Waals surface area contributed by atoms with Crippen LogP contribution in [0.2, 0.25) is 0 Å². The van der Waals surface area contributed by atoms with Crippen molar-refractivity contribution in [3.05, 3.63) is 77.4 Å². The highest BCUT2D eigenvalue weighted by molar-refractivity contribution is 7.89. The number of nitrogens with zero attached hydrogens (tertiary/aromatic N) is 1. The normalized spacial score (nSPS) is 14.9. The summed E-state index contributed by atoms with van der Waals surface area (Å²) in [5, 5.41) is 4.76. The third-order valence-electron chi connectivity index (χ3n) is 6.05. The quantitative estimate of drug-likeness (QED) is 0.629. The van der Waals surface area contributed by atoms with E-state index in [4.69, 9.17) is 0 Å². The molecule has 0 spiro atoms. The van der Waals surface area contributed by atoms with Crippen molar-refractivity contribution >= 4 is 26.7 Å². The summed E-state index contributed by atoms with van der Waals surface area (Å²) in [4.78, 5) is 12.8. The molecule has 31 heavy (non-hydrogen) atoms. The molecule has 162 valence electrons. The van der Waals surface area contributed by atoms with Crippen LogP contribution in [0.25, 0.3) is 10.8 Å². The lowest BCUT2D eigenvalue weighted by Crippen LogP contribution is -2.39. The van der Waals surface area contributed by atoms with Gasteiger partial charge >= 0.3 is 0 Å². The number of amides is 1. The van der Waals surface area contributed by atoms with E-state index in [1.54, 1.807) is 18.2 Å². The molecule has 5 nitrogen and oxygen atoms in total. The Morgan fingerprint density at radius 2 is 1.68 bits per heavy atom. The highest BCUT2D eigenvalue weighted by Crippen LogP contribution is 2.25. The molecule has 0 heterocycles. The van der Waals surface area contributed by atoms with Gasteiger partial charge in [0.05, 0.1) is 17.5 Å². The summed E-state index contributed by atoms with van der Waals surface area (Å²) < 4.78 is 27.1. The van der Waals surface area contributed by atoms with Gasteiger partial charge in [0, 0.05) is 7.05 Å². The molecule has 1 aliphatic carbocycles. The van der Waals surface area contributed by atoms with Crippen molar-refractivity contribution in [2.24, 2.45) is 0 Å². The Morgan fingerprint density at radius 3 is 2.45 bits per heavy atom. The molecule has 0 fully saturated rings. The van der Waals surface area contributed by atoms with E-state index < -0.39 is 10.0 Å². The highest BCUT2D eigenvalue weighted by Gasteiger charge is 2.24. The van der Waals surface area contributed by atoms with Crippen LogP contribution in [0.4, 0.5) is 0 Å². The number of carbonyl (C=O) groups excluding carboxylic acids is 1. The Balaban J connectivity index is 1.43. The van der Waals surface area contributed by atoms with Crippen LogP contribution in [-0.4, -0.2) is 32.2 Å². The van der Waals surface area contributed by atoms with Gasteiger partial charge in [-0.05, 0) is 72.2 Å². The Labute approximate surface area is 184 Å². The minimum absolute atomic E-state index is 0.184. The van der Waals surface area contributed by atoms with Gasteiger partial charge < -0.3 is 5.32 Å². The summed E-state index contributed by atoms with van der Waals surface area (Å²) in [5.41, 5.74) is 3.81. The number of nitrogens with one attached hydrogen (secondary N) is 1. The summed E-state index contributed by atoms with van der Waals surface area (Å²) in [7, 11) is -2.33. The van der Waals surface area contributed by atoms with E-state index >= 15 is 0 Å². The zero-order valence-electron chi connectivity index (χ0n) is 18.0. The number of benzene rings is 3. The van der Waals surface area contributed by atoms with Crippen LogP contribution in [-0.2, 0) is 27.7 Å². The molecule has 0 aliphatic heterocycles. The van der Waals surface area contributed by atoms with E-state index in [1.165, 1.54) is 31.0 Å². The maximum Gasteiger partial charge on any atom is 0.243 e. The number of hydrogen-bond acceptors (Lipinski definition) is 3. The van der Waals surface area contributed by atoms with Crippen LogP contribution < -0.4 is 5.32 Å². The zero-order chi connectivity index (χ0) is 22.0. The van der Waals surface area contributed by atoms with Gasteiger partial charge in [-0.3, -0.25) is 4.79 Å². The molecule has 1 atom stereocenters. The Bertz CT molecular complexity index is 1220. The van der Waals surface area contributed by atoms with Gasteiger partial charge in [0.25, 0.3) is 0 Å². The van der Waals surface area contributed by atoms with Crippen LogP contribution >= 0.6 is 0 Å². The van der Waals surface area contributed by atoms with Crippen LogP contribution in [0.5, 0.6) is 0 Å². The number of hydrogen-bond donors (Lipinski definition) is 1. The van der Waals surface area contributed by atoms with Gasteiger partial charge in [0.2, 0.25) is 15.9 Å². The molecule has 1 amide bonds. The first-order valence-electron chi connectivity index (χ1n) is 10.7. The van der Waals surface area contributed by atoms with Crippen molar-refractivity contribution in [2.45, 2.75) is 43.5 Å². The lowest BCUT2D eigenvalue weighted by atomic mass is 9.89. The van der Waals surface area contributed by atoms with Crippen molar-refractivity contribution < 1.29 is 13.2 Å². The molecule has 0 radical (unpaired) electrons. The van der Waals surface area contributed by atoms with E-state index in [2.05, 4.69) is 23.5 Å². The molecule has 0 bridgehead atoms. The van der Waals surface area contributed by atoms with Gasteiger partial charge in [-0.1, -0.05) is 48.5 Å². The van der Waals surface area contributed by atoms with E-state index in [0.717, 1.165) is 33.5 Å². The third kappa shape index (κ3) is 4.65. The topological polar surface area (TPSA) is 66.5 Å². The summed E-state index contributed by atoms with van der Waals surface area (Å²) in [6.45, 7) is 1.70. The van der Waals surface area contributed by atoms with E-state index in [9.17, 15) is 13.2 Å². The fourth-order valence-electron chi connectivity index (χ4n) is 4.19. The highest BCUT2D eigenvalue weighted by atomic mass is 32.2. The Hall–Kier alpha value is -2.70. The SMILES string of the molecule is CC(NC(=O)CN(C)S(=O)(=O)c1ccc2ccccc2c1)c1ccc2c(c1)CCCC2. The average Bonchev–Trinajstić information content (AvgIpc) is 2.78. The van der Waals surface area contributed by atoms with Crippen LogP contribution in [0.15, 0.2) is 65.6 Å². The maximum absolute atomic E-state index is 13.0. The fourth-order valence-corrected chi connectivity index (χ4v) is 5.35. The predicted molar refractivity (Wildman–Crippen MR) is 123 cm³/mol. The molecular weight excluding hydrogens is 408 g/mol. The van der Waals surface area contributed by atoms with Crippen molar-refractivity contribution in [3.63, 3.8) is 0 Å². The number of fused-ring (bicyclic) bond motifs is 2. The second kappa shape index (κ2) is 8.81. The summed E-state index contributed by atoms with van der Waals surface area (Å²) in [6.07, 6.45) is 4.63. The lowest BCUT2D eigenvalue weighted by Gasteiger charge is -2.21. The largest absolute Gasteiger partial charge is 0.348 e. The molecule has 3 aromatic carbocycles. The van der Waals surface area contributed by atoms with Gasteiger partial charge in [0.1, 0.15) is 0 Å². The Morgan fingerprint density at radius 1 is 0.968 bits per heavy atom. The molecule has 0 saturated carbocycles. The summed E-state index contributed by atoms with van der Waals surface area (Å²) >= 11 is 0.